The van der Waals surface area contributed by atoms with E-state index in [-0.39, 0.29) is 24.2 Å². The molecule has 1 atom stereocenters. The second kappa shape index (κ2) is 6.74. The quantitative estimate of drug-likeness (QED) is 0.649. The lowest BCUT2D eigenvalue weighted by molar-refractivity contribution is 0.0921. The predicted octanol–water partition coefficient (Wildman–Crippen LogP) is 1.21. The van der Waals surface area contributed by atoms with Gasteiger partial charge in [-0.25, -0.2) is 4.98 Å². The lowest BCUT2D eigenvalue weighted by Crippen LogP contribution is -2.34. The summed E-state index contributed by atoms with van der Waals surface area (Å²) in [7, 11) is 0. The van der Waals surface area contributed by atoms with E-state index in [1.807, 2.05) is 6.07 Å². The fourth-order valence-corrected chi connectivity index (χ4v) is 2.59. The minimum atomic E-state index is -0.600. The van der Waals surface area contributed by atoms with E-state index in [0.717, 1.165) is 0 Å². The predicted molar refractivity (Wildman–Crippen MR) is 93.2 cm³/mol. The number of hydrogen-bond donors (Lipinski definition) is 3. The second-order valence-corrected chi connectivity index (χ2v) is 5.74. The van der Waals surface area contributed by atoms with Crippen molar-refractivity contribution in [2.45, 2.75) is 13.0 Å². The summed E-state index contributed by atoms with van der Waals surface area (Å²) < 4.78 is 1.62. The molecule has 7 heteroatoms. The minimum Gasteiger partial charge on any atom is -0.394 e. The van der Waals surface area contributed by atoms with Crippen molar-refractivity contribution in [1.29, 1.82) is 0 Å². The van der Waals surface area contributed by atoms with Gasteiger partial charge >= 0.3 is 0 Å². The monoisotopic (exact) mass is 338 g/mol. The van der Waals surface area contributed by atoms with Crippen LogP contribution in [0.15, 0.2) is 48.7 Å². The van der Waals surface area contributed by atoms with Crippen LogP contribution in [0.3, 0.4) is 0 Å². The van der Waals surface area contributed by atoms with Crippen LogP contribution in [0.1, 0.15) is 27.8 Å². The third kappa shape index (κ3) is 3.22. The number of fused-ring (bicyclic) bond motifs is 1. The number of aliphatic hydroxyl groups is 1. The number of benzene rings is 1. The number of carbonyl (C=O) groups excluding carboxylic acids is 2. The number of rotatable bonds is 5. The van der Waals surface area contributed by atoms with Crippen molar-refractivity contribution in [2.75, 3.05) is 6.61 Å². The highest BCUT2D eigenvalue weighted by atomic mass is 16.3. The first kappa shape index (κ1) is 16.7. The molecule has 0 aliphatic heterocycles. The standard InChI is InChI=1S/C18H18N4O3/c1-11(10-23)20-18(25)13-6-4-5-12(9-13)15-16(17(19)24)22-8-3-2-7-14(22)21-15/h2-9,11,23H,10H2,1H3,(H2,19,24)(H,20,25)/t11-/m0/s1. The van der Waals surface area contributed by atoms with Crippen molar-refractivity contribution in [3.8, 4) is 11.3 Å². The van der Waals surface area contributed by atoms with E-state index >= 15 is 0 Å². The molecular weight excluding hydrogens is 320 g/mol. The minimum absolute atomic E-state index is 0.149. The molecule has 0 aliphatic rings. The number of aliphatic hydroxyl groups excluding tert-OH is 1. The first-order valence-corrected chi connectivity index (χ1v) is 7.80. The molecule has 0 aliphatic carbocycles. The van der Waals surface area contributed by atoms with Crippen molar-refractivity contribution in [3.63, 3.8) is 0 Å². The van der Waals surface area contributed by atoms with Gasteiger partial charge in [0, 0.05) is 23.4 Å². The number of nitrogens with one attached hydrogen (secondary N) is 1. The van der Waals surface area contributed by atoms with Gasteiger partial charge in [-0.2, -0.15) is 0 Å². The summed E-state index contributed by atoms with van der Waals surface area (Å²) in [6.07, 6.45) is 1.71. The van der Waals surface area contributed by atoms with Crippen molar-refractivity contribution in [3.05, 3.63) is 59.9 Å². The maximum atomic E-state index is 12.2. The molecule has 7 nitrogen and oxygen atoms in total. The van der Waals surface area contributed by atoms with E-state index < -0.39 is 5.91 Å². The Balaban J connectivity index is 2.07. The van der Waals surface area contributed by atoms with Gasteiger partial charge < -0.3 is 16.2 Å². The molecule has 25 heavy (non-hydrogen) atoms. The van der Waals surface area contributed by atoms with Crippen LogP contribution >= 0.6 is 0 Å². The fraction of sp³-hybridized carbons (Fsp3) is 0.167. The van der Waals surface area contributed by atoms with Gasteiger partial charge in [0.05, 0.1) is 6.61 Å². The van der Waals surface area contributed by atoms with Gasteiger partial charge in [-0.05, 0) is 31.2 Å². The average Bonchev–Trinajstić information content (AvgIpc) is 3.01. The molecule has 0 unspecified atom stereocenters. The molecule has 128 valence electrons. The zero-order valence-electron chi connectivity index (χ0n) is 13.6. The number of imidazole rings is 1. The number of nitrogens with two attached hydrogens (primary N) is 1. The van der Waals surface area contributed by atoms with Crippen LogP contribution in [0.2, 0.25) is 0 Å². The smallest absolute Gasteiger partial charge is 0.268 e. The number of amides is 2. The summed E-state index contributed by atoms with van der Waals surface area (Å²) in [5, 5.41) is 11.7. The Morgan fingerprint density at radius 1 is 1.28 bits per heavy atom. The highest BCUT2D eigenvalue weighted by molar-refractivity contribution is 6.00. The summed E-state index contributed by atoms with van der Waals surface area (Å²) in [5.41, 5.74) is 7.83. The Morgan fingerprint density at radius 3 is 2.80 bits per heavy atom. The second-order valence-electron chi connectivity index (χ2n) is 5.74. The SMILES string of the molecule is C[C@@H](CO)NC(=O)c1cccc(-c2nc3ccccn3c2C(N)=O)c1. The maximum absolute atomic E-state index is 12.2. The lowest BCUT2D eigenvalue weighted by atomic mass is 10.1. The Kier molecular flexibility index (Phi) is 4.49. The summed E-state index contributed by atoms with van der Waals surface area (Å²) in [4.78, 5) is 28.6. The van der Waals surface area contributed by atoms with E-state index in [9.17, 15) is 9.59 Å². The van der Waals surface area contributed by atoms with Gasteiger partial charge in [0.2, 0.25) is 0 Å². The zero-order chi connectivity index (χ0) is 18.0. The van der Waals surface area contributed by atoms with Crippen LogP contribution in [0.25, 0.3) is 16.9 Å². The molecule has 0 radical (unpaired) electrons. The first-order valence-electron chi connectivity index (χ1n) is 7.80. The molecule has 0 spiro atoms. The van der Waals surface area contributed by atoms with Gasteiger partial charge in [-0.3, -0.25) is 14.0 Å². The summed E-state index contributed by atoms with van der Waals surface area (Å²) in [6.45, 7) is 1.55. The normalized spacial score (nSPS) is 12.1. The van der Waals surface area contributed by atoms with E-state index in [1.165, 1.54) is 0 Å². The number of primary amides is 1. The molecule has 2 amide bonds. The van der Waals surface area contributed by atoms with Gasteiger partial charge in [-0.1, -0.05) is 18.2 Å². The van der Waals surface area contributed by atoms with Crippen molar-refractivity contribution >= 4 is 17.5 Å². The van der Waals surface area contributed by atoms with Gasteiger partial charge in [-0.15, -0.1) is 0 Å². The molecule has 1 aromatic carbocycles. The van der Waals surface area contributed by atoms with Gasteiger partial charge in [0.1, 0.15) is 17.0 Å². The number of nitrogens with zero attached hydrogens (tertiary/aromatic N) is 2. The summed E-state index contributed by atoms with van der Waals surface area (Å²) >= 11 is 0. The van der Waals surface area contributed by atoms with Crippen LogP contribution in [0.5, 0.6) is 0 Å². The van der Waals surface area contributed by atoms with Crippen LogP contribution < -0.4 is 11.1 Å². The Labute approximate surface area is 144 Å². The van der Waals surface area contributed by atoms with E-state index in [0.29, 0.717) is 22.5 Å². The summed E-state index contributed by atoms with van der Waals surface area (Å²) in [5.74, 6) is -0.912. The highest BCUT2D eigenvalue weighted by Gasteiger charge is 2.19. The number of hydrogen-bond acceptors (Lipinski definition) is 4. The molecule has 0 saturated heterocycles. The fourth-order valence-electron chi connectivity index (χ4n) is 2.59. The molecule has 2 heterocycles. The van der Waals surface area contributed by atoms with Crippen LogP contribution in [0.4, 0.5) is 0 Å². The van der Waals surface area contributed by atoms with Gasteiger partial charge in [0.25, 0.3) is 11.8 Å². The van der Waals surface area contributed by atoms with Crippen molar-refractivity contribution in [2.24, 2.45) is 5.73 Å². The Bertz CT molecular complexity index is 948. The topological polar surface area (TPSA) is 110 Å². The molecule has 4 N–H and O–H groups in total. The van der Waals surface area contributed by atoms with Crippen LogP contribution in [-0.2, 0) is 0 Å². The van der Waals surface area contributed by atoms with Crippen LogP contribution in [-0.4, -0.2) is 39.0 Å². The molecule has 3 aromatic rings. The maximum Gasteiger partial charge on any atom is 0.268 e. The largest absolute Gasteiger partial charge is 0.394 e. The van der Waals surface area contributed by atoms with Crippen LogP contribution in [0, 0.1) is 0 Å². The highest BCUT2D eigenvalue weighted by Crippen LogP contribution is 2.25. The lowest BCUT2D eigenvalue weighted by Gasteiger charge is -2.11. The average molecular weight is 338 g/mol. The van der Waals surface area contributed by atoms with Crippen molar-refractivity contribution < 1.29 is 14.7 Å². The molecule has 0 fully saturated rings. The molecule has 3 rings (SSSR count). The zero-order valence-corrected chi connectivity index (χ0v) is 13.6. The third-order valence-corrected chi connectivity index (χ3v) is 3.81. The third-order valence-electron chi connectivity index (χ3n) is 3.81. The Hall–Kier alpha value is -3.19. The van der Waals surface area contributed by atoms with E-state index in [1.54, 1.807) is 53.9 Å². The van der Waals surface area contributed by atoms with E-state index in [2.05, 4.69) is 10.3 Å². The number of pyridine rings is 1. The number of aromatic nitrogens is 2. The van der Waals surface area contributed by atoms with Gasteiger partial charge in [0.15, 0.2) is 0 Å². The van der Waals surface area contributed by atoms with E-state index in [4.69, 9.17) is 10.8 Å². The first-order chi connectivity index (χ1) is 12.0. The number of carbonyl (C=O) groups is 2. The molecular formula is C18H18N4O3. The summed E-state index contributed by atoms with van der Waals surface area (Å²) in [6, 6.07) is 11.8. The van der Waals surface area contributed by atoms with Crippen molar-refractivity contribution in [1.82, 2.24) is 14.7 Å². The molecule has 0 saturated carbocycles. The molecule has 2 aromatic heterocycles. The Morgan fingerprint density at radius 2 is 2.08 bits per heavy atom. The molecule has 0 bridgehead atoms.